The van der Waals surface area contributed by atoms with Crippen molar-refractivity contribution in [2.75, 3.05) is 12.3 Å². The summed E-state index contributed by atoms with van der Waals surface area (Å²) < 4.78 is 0. The number of nitrogens with one attached hydrogen (secondary N) is 1. The van der Waals surface area contributed by atoms with Crippen LogP contribution in [0.15, 0.2) is 33.1 Å². The monoisotopic (exact) mass is 227 g/mol. The molecule has 74 valence electrons. The molecule has 0 spiro atoms. The first-order chi connectivity index (χ1) is 6.77. The van der Waals surface area contributed by atoms with Crippen molar-refractivity contribution >= 4 is 29.5 Å². The number of carbonyl (C=O) groups is 1. The van der Waals surface area contributed by atoms with Crippen LogP contribution in [0.4, 0.5) is 0 Å². The van der Waals surface area contributed by atoms with Gasteiger partial charge in [0, 0.05) is 34.4 Å². The van der Waals surface area contributed by atoms with E-state index in [2.05, 4.69) is 5.32 Å². The Balaban J connectivity index is 2.28. The van der Waals surface area contributed by atoms with Crippen LogP contribution >= 0.6 is 23.5 Å². The lowest BCUT2D eigenvalue weighted by atomic mass is 10.2. The lowest BCUT2D eigenvalue weighted by molar-refractivity contribution is -0.131. The van der Waals surface area contributed by atoms with Crippen molar-refractivity contribution < 1.29 is 9.90 Å². The van der Waals surface area contributed by atoms with Gasteiger partial charge in [0.1, 0.15) is 0 Å². The fourth-order valence-corrected chi connectivity index (χ4v) is 3.51. The third kappa shape index (κ3) is 1.99. The summed E-state index contributed by atoms with van der Waals surface area (Å²) in [5.74, 6) is -0.0874. The Kier molecular flexibility index (Phi) is 2.88. The smallest absolute Gasteiger partial charge is 0.328 e. The van der Waals surface area contributed by atoms with E-state index in [-0.39, 0.29) is 0 Å². The Morgan fingerprint density at radius 1 is 1.64 bits per heavy atom. The largest absolute Gasteiger partial charge is 0.478 e. The van der Waals surface area contributed by atoms with Crippen molar-refractivity contribution in [3.8, 4) is 0 Å². The van der Waals surface area contributed by atoms with E-state index in [1.165, 1.54) is 11.0 Å². The second-order valence-corrected chi connectivity index (χ2v) is 4.84. The van der Waals surface area contributed by atoms with Crippen LogP contribution in [0, 0.1) is 0 Å². The van der Waals surface area contributed by atoms with Crippen molar-refractivity contribution in [2.24, 2.45) is 0 Å². The molecule has 0 amide bonds. The minimum absolute atomic E-state index is 0.777. The van der Waals surface area contributed by atoms with Crippen molar-refractivity contribution in [2.45, 2.75) is 0 Å². The zero-order chi connectivity index (χ0) is 9.97. The number of hydrogen-bond donors (Lipinski definition) is 2. The molecule has 0 aromatic heterocycles. The molecule has 0 aromatic rings. The van der Waals surface area contributed by atoms with E-state index in [1.807, 2.05) is 11.6 Å². The van der Waals surface area contributed by atoms with Crippen LogP contribution in [0.1, 0.15) is 0 Å². The topological polar surface area (TPSA) is 49.3 Å². The first kappa shape index (κ1) is 9.73. The van der Waals surface area contributed by atoms with Gasteiger partial charge in [-0.15, -0.1) is 11.8 Å². The average molecular weight is 227 g/mol. The molecule has 2 heterocycles. The third-order valence-corrected chi connectivity index (χ3v) is 4.18. The molecule has 2 aliphatic heterocycles. The van der Waals surface area contributed by atoms with Gasteiger partial charge in [0.15, 0.2) is 0 Å². The van der Waals surface area contributed by atoms with Gasteiger partial charge in [-0.25, -0.2) is 4.79 Å². The molecular formula is C9H9NO2S2. The summed E-state index contributed by atoms with van der Waals surface area (Å²) in [6.07, 6.45) is 3.20. The van der Waals surface area contributed by atoms with Gasteiger partial charge in [-0.3, -0.25) is 0 Å². The van der Waals surface area contributed by atoms with E-state index in [9.17, 15) is 4.79 Å². The van der Waals surface area contributed by atoms with Crippen LogP contribution in [0.2, 0.25) is 0 Å². The number of aliphatic carboxylic acids is 1. The van der Waals surface area contributed by atoms with Gasteiger partial charge in [-0.1, -0.05) is 11.8 Å². The molecule has 0 aromatic carbocycles. The standard InChI is InChI=1S/C9H9NO2S2/c11-8(12)3-6-5-14-7-4-10-1-2-13-9(6)7/h1-3,10H,4-5H2,(H,11,12)/b6-3+. The number of hydrogen-bond acceptors (Lipinski definition) is 4. The molecule has 2 rings (SSSR count). The first-order valence-electron chi connectivity index (χ1n) is 4.12. The van der Waals surface area contributed by atoms with Gasteiger partial charge >= 0.3 is 5.97 Å². The maximum atomic E-state index is 10.6. The van der Waals surface area contributed by atoms with Gasteiger partial charge in [0.2, 0.25) is 0 Å². The van der Waals surface area contributed by atoms with E-state index in [0.717, 1.165) is 22.8 Å². The number of carboxylic acid groups (broad SMARTS) is 1. The van der Waals surface area contributed by atoms with Gasteiger partial charge in [-0.05, 0) is 11.0 Å². The van der Waals surface area contributed by atoms with E-state index < -0.39 is 5.97 Å². The molecule has 2 aliphatic rings. The Labute approximate surface area is 90.3 Å². The highest BCUT2D eigenvalue weighted by molar-refractivity contribution is 8.09. The van der Waals surface area contributed by atoms with Crippen LogP contribution in [0.3, 0.4) is 0 Å². The fraction of sp³-hybridized carbons (Fsp3) is 0.222. The lowest BCUT2D eigenvalue weighted by Gasteiger charge is -2.00. The summed E-state index contributed by atoms with van der Waals surface area (Å²) in [7, 11) is 0. The average Bonchev–Trinajstić information content (AvgIpc) is 2.37. The predicted octanol–water partition coefficient (Wildman–Crippen LogP) is 1.76. The molecule has 0 unspecified atom stereocenters. The van der Waals surface area contributed by atoms with E-state index in [4.69, 9.17) is 5.11 Å². The summed E-state index contributed by atoms with van der Waals surface area (Å²) in [4.78, 5) is 12.9. The van der Waals surface area contributed by atoms with Crippen molar-refractivity contribution in [1.29, 1.82) is 0 Å². The molecule has 0 aliphatic carbocycles. The minimum Gasteiger partial charge on any atom is -0.478 e. The van der Waals surface area contributed by atoms with E-state index in [0.29, 0.717) is 0 Å². The van der Waals surface area contributed by atoms with Crippen LogP contribution < -0.4 is 5.32 Å². The number of carboxylic acids is 1. The number of rotatable bonds is 1. The maximum Gasteiger partial charge on any atom is 0.328 e. The van der Waals surface area contributed by atoms with Gasteiger partial charge in [0.05, 0.1) is 0 Å². The SMILES string of the molecule is O=C(O)/C=C1\CSC2=C1SC=CNC2. The summed E-state index contributed by atoms with van der Waals surface area (Å²) >= 11 is 3.30. The maximum absolute atomic E-state index is 10.6. The molecule has 3 nitrogen and oxygen atoms in total. The molecule has 0 fully saturated rings. The summed E-state index contributed by atoms with van der Waals surface area (Å²) in [5.41, 5.74) is 0.927. The van der Waals surface area contributed by atoms with E-state index in [1.54, 1.807) is 23.5 Å². The Morgan fingerprint density at radius 2 is 2.50 bits per heavy atom. The van der Waals surface area contributed by atoms with Gasteiger partial charge in [0.25, 0.3) is 0 Å². The quantitative estimate of drug-likeness (QED) is 0.668. The van der Waals surface area contributed by atoms with Crippen LogP contribution in [0.25, 0.3) is 0 Å². The normalized spacial score (nSPS) is 23.3. The molecule has 2 N–H and O–H groups in total. The molecular weight excluding hydrogens is 218 g/mol. The van der Waals surface area contributed by atoms with E-state index >= 15 is 0 Å². The van der Waals surface area contributed by atoms with Gasteiger partial charge in [-0.2, -0.15) is 0 Å². The zero-order valence-corrected chi connectivity index (χ0v) is 8.95. The van der Waals surface area contributed by atoms with Crippen LogP contribution in [-0.4, -0.2) is 23.4 Å². The van der Waals surface area contributed by atoms with Crippen molar-refractivity contribution in [3.05, 3.63) is 33.1 Å². The van der Waals surface area contributed by atoms with Crippen molar-refractivity contribution in [1.82, 2.24) is 5.32 Å². The second-order valence-electron chi connectivity index (χ2n) is 2.85. The lowest BCUT2D eigenvalue weighted by Crippen LogP contribution is -2.05. The molecule has 0 saturated carbocycles. The van der Waals surface area contributed by atoms with Crippen molar-refractivity contribution in [3.63, 3.8) is 0 Å². The highest BCUT2D eigenvalue weighted by Crippen LogP contribution is 2.42. The highest BCUT2D eigenvalue weighted by atomic mass is 32.2. The molecule has 5 heteroatoms. The summed E-state index contributed by atoms with van der Waals surface area (Å²) in [5, 5.41) is 13.8. The van der Waals surface area contributed by atoms with Crippen LogP contribution in [-0.2, 0) is 4.79 Å². The molecule has 0 saturated heterocycles. The summed E-state index contributed by atoms with van der Waals surface area (Å²) in [6.45, 7) is 0.806. The third-order valence-electron chi connectivity index (χ3n) is 1.88. The van der Waals surface area contributed by atoms with Crippen LogP contribution in [0.5, 0.6) is 0 Å². The first-order valence-corrected chi connectivity index (χ1v) is 5.99. The molecule has 0 radical (unpaired) electrons. The molecule has 0 atom stereocenters. The molecule has 14 heavy (non-hydrogen) atoms. The Morgan fingerprint density at radius 3 is 3.29 bits per heavy atom. The second kappa shape index (κ2) is 4.14. The fourth-order valence-electron chi connectivity index (χ4n) is 1.31. The molecule has 0 bridgehead atoms. The highest BCUT2D eigenvalue weighted by Gasteiger charge is 2.21. The van der Waals surface area contributed by atoms with Gasteiger partial charge < -0.3 is 10.4 Å². The number of thioether (sulfide) groups is 2. The Bertz CT molecular complexity index is 358. The summed E-state index contributed by atoms with van der Waals surface area (Å²) in [6, 6.07) is 0. The number of allylic oxidation sites excluding steroid dienone is 1. The zero-order valence-electron chi connectivity index (χ0n) is 7.32. The Hall–Kier alpha value is -0.810. The minimum atomic E-state index is -0.865. The predicted molar refractivity (Wildman–Crippen MR) is 59.9 cm³/mol.